The van der Waals surface area contributed by atoms with E-state index >= 15 is 0 Å². The number of nitrogens with one attached hydrogen (secondary N) is 1. The molecule has 0 aromatic heterocycles. The van der Waals surface area contributed by atoms with Crippen LogP contribution in [0.5, 0.6) is 0 Å². The fourth-order valence-electron chi connectivity index (χ4n) is 3.34. The van der Waals surface area contributed by atoms with Gasteiger partial charge in [-0.1, -0.05) is 27.2 Å². The third-order valence-corrected chi connectivity index (χ3v) is 5.16. The maximum absolute atomic E-state index is 12.9. The van der Waals surface area contributed by atoms with Crippen LogP contribution >= 0.6 is 0 Å². The number of carbonyl (C=O) groups is 3. The monoisotopic (exact) mass is 351 g/mol. The summed E-state index contributed by atoms with van der Waals surface area (Å²) in [7, 11) is 0. The van der Waals surface area contributed by atoms with E-state index < -0.39 is 6.04 Å². The molecule has 1 N–H and O–H groups in total. The summed E-state index contributed by atoms with van der Waals surface area (Å²) in [5.74, 6) is 0.424. The molecule has 1 heterocycles. The molecule has 0 spiro atoms. The first-order valence-corrected chi connectivity index (χ1v) is 9.73. The average Bonchev–Trinajstić information content (AvgIpc) is 3.41. The lowest BCUT2D eigenvalue weighted by atomic mass is 10.0. The van der Waals surface area contributed by atoms with E-state index in [-0.39, 0.29) is 35.6 Å². The summed E-state index contributed by atoms with van der Waals surface area (Å²) >= 11 is 0. The van der Waals surface area contributed by atoms with Gasteiger partial charge < -0.3 is 15.1 Å². The van der Waals surface area contributed by atoms with E-state index in [2.05, 4.69) is 5.32 Å². The molecule has 142 valence electrons. The van der Waals surface area contributed by atoms with Crippen molar-refractivity contribution < 1.29 is 14.4 Å². The predicted molar refractivity (Wildman–Crippen MR) is 96.8 cm³/mol. The minimum atomic E-state index is -0.484. The second-order valence-electron chi connectivity index (χ2n) is 7.83. The number of hydrogen-bond acceptors (Lipinski definition) is 3. The zero-order valence-corrected chi connectivity index (χ0v) is 16.1. The minimum Gasteiger partial charge on any atom is -0.344 e. The van der Waals surface area contributed by atoms with Gasteiger partial charge in [-0.05, 0) is 32.1 Å². The van der Waals surface area contributed by atoms with Gasteiger partial charge in [0, 0.05) is 38.0 Å². The first kappa shape index (κ1) is 19.7. The summed E-state index contributed by atoms with van der Waals surface area (Å²) < 4.78 is 0. The highest BCUT2D eigenvalue weighted by molar-refractivity contribution is 5.88. The molecular weight excluding hydrogens is 318 g/mol. The molecule has 1 saturated heterocycles. The molecule has 0 aromatic carbocycles. The standard InChI is InChI=1S/C19H33N3O3/c1-5-6-7-16(23)20-17(13(2)3)19(25)21-10-11-22(14(4)12-21)18(24)15-8-9-15/h13-15,17H,5-12H2,1-4H3,(H,20,23). The van der Waals surface area contributed by atoms with Gasteiger partial charge in [0.25, 0.3) is 0 Å². The summed E-state index contributed by atoms with van der Waals surface area (Å²) in [6.07, 6.45) is 4.27. The zero-order valence-electron chi connectivity index (χ0n) is 16.1. The SMILES string of the molecule is CCCCC(=O)NC(C(=O)N1CCN(C(=O)C2CC2)C(C)C1)C(C)C. The van der Waals surface area contributed by atoms with Crippen LogP contribution in [0.3, 0.4) is 0 Å². The molecule has 0 bridgehead atoms. The number of hydrogen-bond donors (Lipinski definition) is 1. The van der Waals surface area contributed by atoms with Crippen molar-refractivity contribution in [2.45, 2.75) is 71.9 Å². The molecule has 2 unspecified atom stereocenters. The summed E-state index contributed by atoms with van der Waals surface area (Å²) in [6, 6.07) is -0.448. The Morgan fingerprint density at radius 1 is 1.16 bits per heavy atom. The molecule has 0 radical (unpaired) electrons. The predicted octanol–water partition coefficient (Wildman–Crippen LogP) is 1.79. The Balaban J connectivity index is 1.93. The summed E-state index contributed by atoms with van der Waals surface area (Å²) in [5.41, 5.74) is 0. The molecular formula is C19H33N3O3. The van der Waals surface area contributed by atoms with Crippen molar-refractivity contribution in [2.24, 2.45) is 11.8 Å². The van der Waals surface area contributed by atoms with Gasteiger partial charge in [0.15, 0.2) is 0 Å². The Bertz CT molecular complexity index is 502. The van der Waals surface area contributed by atoms with Crippen molar-refractivity contribution in [1.82, 2.24) is 15.1 Å². The van der Waals surface area contributed by atoms with Gasteiger partial charge in [0.2, 0.25) is 17.7 Å². The second kappa shape index (κ2) is 8.68. The molecule has 3 amide bonds. The van der Waals surface area contributed by atoms with Crippen molar-refractivity contribution in [2.75, 3.05) is 19.6 Å². The largest absolute Gasteiger partial charge is 0.344 e. The Hall–Kier alpha value is -1.59. The first-order chi connectivity index (χ1) is 11.8. The lowest BCUT2D eigenvalue weighted by Crippen LogP contribution is -2.60. The Morgan fingerprint density at radius 2 is 1.84 bits per heavy atom. The molecule has 6 nitrogen and oxygen atoms in total. The Morgan fingerprint density at radius 3 is 2.36 bits per heavy atom. The van der Waals surface area contributed by atoms with Crippen LogP contribution in [0.25, 0.3) is 0 Å². The van der Waals surface area contributed by atoms with Crippen LogP contribution in [0, 0.1) is 11.8 Å². The molecule has 2 fully saturated rings. The van der Waals surface area contributed by atoms with Crippen molar-refractivity contribution in [3.05, 3.63) is 0 Å². The molecule has 1 aliphatic carbocycles. The lowest BCUT2D eigenvalue weighted by Gasteiger charge is -2.41. The fourth-order valence-corrected chi connectivity index (χ4v) is 3.34. The number of unbranched alkanes of at least 4 members (excludes halogenated alkanes) is 1. The van der Waals surface area contributed by atoms with E-state index in [1.165, 1.54) is 0 Å². The second-order valence-corrected chi connectivity index (χ2v) is 7.83. The molecule has 1 aliphatic heterocycles. The van der Waals surface area contributed by atoms with Crippen LogP contribution in [0.4, 0.5) is 0 Å². The Kier molecular flexibility index (Phi) is 6.85. The van der Waals surface area contributed by atoms with E-state index in [0.717, 1.165) is 25.7 Å². The molecule has 2 atom stereocenters. The quantitative estimate of drug-likeness (QED) is 0.760. The van der Waals surface area contributed by atoms with Crippen molar-refractivity contribution in [3.8, 4) is 0 Å². The third-order valence-electron chi connectivity index (χ3n) is 5.16. The number of piperazine rings is 1. The van der Waals surface area contributed by atoms with Crippen molar-refractivity contribution >= 4 is 17.7 Å². The highest BCUT2D eigenvalue weighted by atomic mass is 16.2. The lowest BCUT2D eigenvalue weighted by molar-refractivity contribution is -0.145. The van der Waals surface area contributed by atoms with Gasteiger partial charge in [-0.3, -0.25) is 14.4 Å². The molecule has 2 rings (SSSR count). The van der Waals surface area contributed by atoms with Crippen LogP contribution in [0.15, 0.2) is 0 Å². The van der Waals surface area contributed by atoms with E-state index in [0.29, 0.717) is 26.1 Å². The molecule has 1 saturated carbocycles. The Labute approximate surface area is 151 Å². The molecule has 0 aromatic rings. The summed E-state index contributed by atoms with van der Waals surface area (Å²) in [4.78, 5) is 41.0. The highest BCUT2D eigenvalue weighted by Crippen LogP contribution is 2.32. The molecule has 6 heteroatoms. The number of amides is 3. The van der Waals surface area contributed by atoms with Gasteiger partial charge in [-0.2, -0.15) is 0 Å². The van der Waals surface area contributed by atoms with Crippen LogP contribution in [0.1, 0.15) is 59.8 Å². The van der Waals surface area contributed by atoms with Gasteiger partial charge >= 0.3 is 0 Å². The van der Waals surface area contributed by atoms with Crippen molar-refractivity contribution in [3.63, 3.8) is 0 Å². The summed E-state index contributed by atoms with van der Waals surface area (Å²) in [6.45, 7) is 9.65. The topological polar surface area (TPSA) is 69.7 Å². The molecule has 25 heavy (non-hydrogen) atoms. The third kappa shape index (κ3) is 5.19. The van der Waals surface area contributed by atoms with E-state index in [1.54, 1.807) is 0 Å². The van der Waals surface area contributed by atoms with Crippen LogP contribution in [-0.2, 0) is 14.4 Å². The average molecular weight is 351 g/mol. The van der Waals surface area contributed by atoms with E-state index in [4.69, 9.17) is 0 Å². The summed E-state index contributed by atoms with van der Waals surface area (Å²) in [5, 5.41) is 2.91. The minimum absolute atomic E-state index is 0.0229. The number of nitrogens with zero attached hydrogens (tertiary/aromatic N) is 2. The van der Waals surface area contributed by atoms with E-state index in [9.17, 15) is 14.4 Å². The van der Waals surface area contributed by atoms with Gasteiger partial charge in [-0.15, -0.1) is 0 Å². The van der Waals surface area contributed by atoms with Crippen LogP contribution in [-0.4, -0.2) is 59.2 Å². The van der Waals surface area contributed by atoms with Gasteiger partial charge in [-0.25, -0.2) is 0 Å². The van der Waals surface area contributed by atoms with E-state index in [1.807, 2.05) is 37.5 Å². The normalized spacial score (nSPS) is 22.0. The zero-order chi connectivity index (χ0) is 18.6. The van der Waals surface area contributed by atoms with Crippen LogP contribution < -0.4 is 5.32 Å². The maximum atomic E-state index is 12.9. The smallest absolute Gasteiger partial charge is 0.245 e. The molecule has 2 aliphatic rings. The number of carbonyl (C=O) groups excluding carboxylic acids is 3. The van der Waals surface area contributed by atoms with Gasteiger partial charge in [0.1, 0.15) is 6.04 Å². The number of rotatable bonds is 7. The fraction of sp³-hybridized carbons (Fsp3) is 0.842. The maximum Gasteiger partial charge on any atom is 0.245 e. The van der Waals surface area contributed by atoms with Crippen molar-refractivity contribution in [1.29, 1.82) is 0 Å². The highest BCUT2D eigenvalue weighted by Gasteiger charge is 2.39. The van der Waals surface area contributed by atoms with Crippen LogP contribution in [0.2, 0.25) is 0 Å². The first-order valence-electron chi connectivity index (χ1n) is 9.73. The van der Waals surface area contributed by atoms with Gasteiger partial charge in [0.05, 0.1) is 0 Å².